The molecular weight excluding hydrogens is 379 g/mol. The normalized spacial score (nSPS) is 11.5. The summed E-state index contributed by atoms with van der Waals surface area (Å²) in [5.74, 6) is 0.753. The number of nitrogens with one attached hydrogen (secondary N) is 1. The summed E-state index contributed by atoms with van der Waals surface area (Å²) in [7, 11) is 0. The first-order valence-electron chi connectivity index (χ1n) is 7.67. The van der Waals surface area contributed by atoms with Crippen LogP contribution in [0.1, 0.15) is 29.6 Å². The van der Waals surface area contributed by atoms with Crippen LogP contribution in [0.5, 0.6) is 0 Å². The van der Waals surface area contributed by atoms with E-state index in [4.69, 9.17) is 35.4 Å². The molecule has 0 unspecified atom stereocenters. The van der Waals surface area contributed by atoms with Crippen molar-refractivity contribution in [3.8, 4) is 0 Å². The number of hydrogen-bond acceptors (Lipinski definition) is 4. The van der Waals surface area contributed by atoms with Gasteiger partial charge in [0.05, 0.1) is 24.0 Å². The lowest BCUT2D eigenvalue weighted by Gasteiger charge is -2.03. The Hall–Kier alpha value is -1.96. The molecule has 2 heterocycles. The largest absolute Gasteiger partial charge is 0.250 e. The monoisotopic (exact) mass is 394 g/mol. The number of rotatable bonds is 5. The summed E-state index contributed by atoms with van der Waals surface area (Å²) in [5.41, 5.74) is 2.60. The van der Waals surface area contributed by atoms with E-state index in [2.05, 4.69) is 20.4 Å². The van der Waals surface area contributed by atoms with Crippen LogP contribution in [-0.2, 0) is 13.0 Å². The molecule has 6 nitrogen and oxygen atoms in total. The molecule has 3 aromatic rings. The minimum Gasteiger partial charge on any atom is -0.250 e. The molecule has 1 aromatic carbocycles. The number of nitrogens with zero attached hydrogens (tertiary/aromatic N) is 5. The van der Waals surface area contributed by atoms with E-state index in [1.165, 1.54) is 0 Å². The summed E-state index contributed by atoms with van der Waals surface area (Å²) in [5, 5.41) is 17.0. The van der Waals surface area contributed by atoms with Gasteiger partial charge in [-0.2, -0.15) is 20.0 Å². The van der Waals surface area contributed by atoms with Crippen molar-refractivity contribution in [2.75, 3.05) is 0 Å². The molecule has 130 valence electrons. The van der Waals surface area contributed by atoms with Crippen molar-refractivity contribution in [1.82, 2.24) is 24.7 Å². The highest BCUT2D eigenvalue weighted by Crippen LogP contribution is 2.20. The van der Waals surface area contributed by atoms with Crippen LogP contribution in [0.3, 0.4) is 0 Å². The molecular formula is C16H16Cl2N6S. The highest BCUT2D eigenvalue weighted by Gasteiger charge is 2.12. The smallest absolute Gasteiger partial charge is 0.216 e. The summed E-state index contributed by atoms with van der Waals surface area (Å²) in [4.78, 5) is 0. The molecule has 0 bridgehead atoms. The maximum absolute atomic E-state index is 6.49. The van der Waals surface area contributed by atoms with E-state index in [1.807, 2.05) is 38.1 Å². The number of aromatic nitrogens is 5. The Bertz CT molecular complexity index is 968. The molecule has 0 saturated heterocycles. The number of benzene rings is 1. The molecule has 0 spiro atoms. The standard InChI is InChI=1S/C16H16Cl2N6S/c1-3-14-20-21-16(25)24(14)19-8-13-10(2)22-23(15(13)18)9-11-4-6-12(17)7-5-11/h4-8H,3,9H2,1-2H3,(H,21,25). The molecule has 0 aliphatic carbocycles. The fourth-order valence-corrected chi connectivity index (χ4v) is 2.98. The van der Waals surface area contributed by atoms with Gasteiger partial charge in [-0.05, 0) is 36.8 Å². The maximum atomic E-state index is 6.49. The molecule has 9 heteroatoms. The fourth-order valence-electron chi connectivity index (χ4n) is 2.37. The number of aryl methyl sites for hydroxylation is 2. The lowest BCUT2D eigenvalue weighted by molar-refractivity contribution is 0.680. The number of H-pyrrole nitrogens is 1. The van der Waals surface area contributed by atoms with Gasteiger partial charge in [-0.3, -0.25) is 5.10 Å². The van der Waals surface area contributed by atoms with Crippen molar-refractivity contribution < 1.29 is 0 Å². The minimum absolute atomic E-state index is 0.440. The van der Waals surface area contributed by atoms with Crippen LogP contribution in [-0.4, -0.2) is 30.9 Å². The van der Waals surface area contributed by atoms with E-state index < -0.39 is 0 Å². The van der Waals surface area contributed by atoms with Gasteiger partial charge in [-0.25, -0.2) is 4.68 Å². The molecule has 0 amide bonds. The van der Waals surface area contributed by atoms with E-state index in [0.29, 0.717) is 27.9 Å². The lowest BCUT2D eigenvalue weighted by atomic mass is 10.2. The fraction of sp³-hybridized carbons (Fsp3) is 0.250. The van der Waals surface area contributed by atoms with Gasteiger partial charge in [-0.15, -0.1) is 0 Å². The van der Waals surface area contributed by atoms with Crippen LogP contribution in [0.4, 0.5) is 0 Å². The molecule has 2 aromatic heterocycles. The third kappa shape index (κ3) is 3.84. The predicted molar refractivity (Wildman–Crippen MR) is 102 cm³/mol. The van der Waals surface area contributed by atoms with Crippen LogP contribution < -0.4 is 0 Å². The van der Waals surface area contributed by atoms with E-state index in [1.54, 1.807) is 15.6 Å². The van der Waals surface area contributed by atoms with Crippen molar-refractivity contribution in [3.05, 3.63) is 61.9 Å². The van der Waals surface area contributed by atoms with Crippen molar-refractivity contribution in [2.45, 2.75) is 26.8 Å². The summed E-state index contributed by atoms with van der Waals surface area (Å²) in [6.45, 7) is 4.43. The van der Waals surface area contributed by atoms with Gasteiger partial charge < -0.3 is 0 Å². The highest BCUT2D eigenvalue weighted by atomic mass is 35.5. The summed E-state index contributed by atoms with van der Waals surface area (Å²) >= 11 is 17.6. The topological polar surface area (TPSA) is 63.8 Å². The zero-order chi connectivity index (χ0) is 18.0. The van der Waals surface area contributed by atoms with E-state index in [-0.39, 0.29) is 0 Å². The van der Waals surface area contributed by atoms with Gasteiger partial charge in [0.25, 0.3) is 0 Å². The van der Waals surface area contributed by atoms with Gasteiger partial charge in [0.2, 0.25) is 4.77 Å². The first-order chi connectivity index (χ1) is 12.0. The summed E-state index contributed by atoms with van der Waals surface area (Å²) < 4.78 is 3.76. The quantitative estimate of drug-likeness (QED) is 0.519. The van der Waals surface area contributed by atoms with E-state index in [0.717, 1.165) is 22.6 Å². The Morgan fingerprint density at radius 3 is 2.68 bits per heavy atom. The van der Waals surface area contributed by atoms with Crippen LogP contribution in [0, 0.1) is 11.7 Å². The second-order valence-corrected chi connectivity index (χ2v) is 6.61. The molecule has 3 rings (SSSR count). The number of hydrogen-bond donors (Lipinski definition) is 1. The Morgan fingerprint density at radius 2 is 2.00 bits per heavy atom. The minimum atomic E-state index is 0.440. The lowest BCUT2D eigenvalue weighted by Crippen LogP contribution is -2.02. The Kier molecular flexibility index (Phi) is 5.36. The molecule has 0 fully saturated rings. The van der Waals surface area contributed by atoms with Crippen LogP contribution in [0.25, 0.3) is 0 Å². The summed E-state index contributed by atoms with van der Waals surface area (Å²) in [6, 6.07) is 7.58. The third-order valence-electron chi connectivity index (χ3n) is 3.69. The highest BCUT2D eigenvalue weighted by molar-refractivity contribution is 7.71. The molecule has 1 N–H and O–H groups in total. The van der Waals surface area contributed by atoms with Gasteiger partial charge in [-0.1, -0.05) is 42.3 Å². The average Bonchev–Trinajstić information content (AvgIpc) is 3.08. The SMILES string of the molecule is CCc1n[nH]c(=S)n1N=Cc1c(C)nn(Cc2ccc(Cl)cc2)c1Cl. The van der Waals surface area contributed by atoms with Crippen LogP contribution >= 0.6 is 35.4 Å². The van der Waals surface area contributed by atoms with Crippen LogP contribution in [0.15, 0.2) is 29.4 Å². The van der Waals surface area contributed by atoms with Crippen molar-refractivity contribution in [1.29, 1.82) is 0 Å². The average molecular weight is 395 g/mol. The molecule has 0 aliphatic rings. The first kappa shape index (κ1) is 17.8. The molecule has 0 radical (unpaired) electrons. The zero-order valence-electron chi connectivity index (χ0n) is 13.7. The van der Waals surface area contributed by atoms with Gasteiger partial charge in [0, 0.05) is 11.4 Å². The Balaban J connectivity index is 1.89. The van der Waals surface area contributed by atoms with Gasteiger partial charge >= 0.3 is 0 Å². The Morgan fingerprint density at radius 1 is 1.28 bits per heavy atom. The predicted octanol–water partition coefficient (Wildman–Crippen LogP) is 4.25. The molecule has 0 atom stereocenters. The molecule has 0 saturated carbocycles. The first-order valence-corrected chi connectivity index (χ1v) is 8.84. The Labute approximate surface area is 160 Å². The third-order valence-corrected chi connectivity index (χ3v) is 4.61. The van der Waals surface area contributed by atoms with Crippen molar-refractivity contribution >= 4 is 41.6 Å². The van der Waals surface area contributed by atoms with Crippen LogP contribution in [0.2, 0.25) is 10.2 Å². The van der Waals surface area contributed by atoms with Crippen molar-refractivity contribution in [2.24, 2.45) is 5.10 Å². The second-order valence-electron chi connectivity index (χ2n) is 5.43. The van der Waals surface area contributed by atoms with Gasteiger partial charge in [0.1, 0.15) is 5.15 Å². The molecule has 25 heavy (non-hydrogen) atoms. The van der Waals surface area contributed by atoms with E-state index in [9.17, 15) is 0 Å². The number of halogens is 2. The maximum Gasteiger partial charge on any atom is 0.216 e. The zero-order valence-corrected chi connectivity index (χ0v) is 16.0. The van der Waals surface area contributed by atoms with E-state index >= 15 is 0 Å². The summed E-state index contributed by atoms with van der Waals surface area (Å²) in [6.07, 6.45) is 2.38. The molecule has 0 aliphatic heterocycles. The van der Waals surface area contributed by atoms with Crippen molar-refractivity contribution in [3.63, 3.8) is 0 Å². The van der Waals surface area contributed by atoms with Gasteiger partial charge in [0.15, 0.2) is 5.82 Å². The second kappa shape index (κ2) is 7.51. The number of aromatic amines is 1.